The maximum atomic E-state index is 12.4. The zero-order valence-electron chi connectivity index (χ0n) is 12.2. The lowest BCUT2D eigenvalue weighted by molar-refractivity contribution is 0.0762. The van der Waals surface area contributed by atoms with E-state index in [1.807, 2.05) is 0 Å². The van der Waals surface area contributed by atoms with Crippen molar-refractivity contribution in [2.75, 3.05) is 13.1 Å². The second-order valence-corrected chi connectivity index (χ2v) is 5.91. The number of likely N-dealkylation sites (tertiary alicyclic amines) is 1. The molecule has 2 N–H and O–H groups in total. The number of rotatable bonds is 3. The van der Waals surface area contributed by atoms with E-state index in [1.54, 1.807) is 36.1 Å². The van der Waals surface area contributed by atoms with Gasteiger partial charge >= 0.3 is 0 Å². The number of amides is 1. The Labute approximate surface area is 132 Å². The normalized spacial score (nSPS) is 19.4. The molecule has 1 aromatic carbocycles. The van der Waals surface area contributed by atoms with Crippen LogP contribution in [0.5, 0.6) is 0 Å². The van der Waals surface area contributed by atoms with E-state index >= 15 is 0 Å². The lowest BCUT2D eigenvalue weighted by Crippen LogP contribution is -2.30. The van der Waals surface area contributed by atoms with Crippen LogP contribution in [-0.4, -0.2) is 45.3 Å². The first-order valence-electron chi connectivity index (χ1n) is 7.18. The lowest BCUT2D eigenvalue weighted by Gasteiger charge is -2.17. The zero-order chi connectivity index (χ0) is 15.7. The fraction of sp³-hybridized carbons (Fsp3) is 0.400. The summed E-state index contributed by atoms with van der Waals surface area (Å²) in [5.41, 5.74) is 1.37. The fourth-order valence-electron chi connectivity index (χ4n) is 2.66. The van der Waals surface area contributed by atoms with E-state index in [9.17, 15) is 9.90 Å². The molecule has 0 radical (unpaired) electrons. The summed E-state index contributed by atoms with van der Waals surface area (Å²) < 4.78 is 5.24. The van der Waals surface area contributed by atoms with Gasteiger partial charge in [-0.1, -0.05) is 0 Å². The van der Waals surface area contributed by atoms with E-state index in [2.05, 4.69) is 10.2 Å². The van der Waals surface area contributed by atoms with Crippen molar-refractivity contribution in [3.63, 3.8) is 0 Å². The summed E-state index contributed by atoms with van der Waals surface area (Å²) in [6.45, 7) is 3.06. The van der Waals surface area contributed by atoms with Crippen LogP contribution in [0.15, 0.2) is 28.7 Å². The number of hydrogen-bond donors (Lipinski definition) is 2. The highest BCUT2D eigenvalue weighted by Crippen LogP contribution is 2.23. The largest absolute Gasteiger partial charge is 0.409 e. The Morgan fingerprint density at radius 2 is 2.23 bits per heavy atom. The quantitative estimate of drug-likeness (QED) is 0.848. The fourth-order valence-corrected chi connectivity index (χ4v) is 2.78. The molecule has 0 spiro atoms. The molecule has 1 aliphatic heterocycles. The maximum Gasteiger partial charge on any atom is 0.284 e. The minimum absolute atomic E-state index is 0.0161. The molecule has 2 atom stereocenters. The number of aromatic nitrogens is 2. The maximum absolute atomic E-state index is 12.4. The third kappa shape index (κ3) is 2.95. The minimum atomic E-state index is -0.381. The molecule has 7 heteroatoms. The van der Waals surface area contributed by atoms with E-state index in [0.29, 0.717) is 24.5 Å². The average Bonchev–Trinajstić information content (AvgIpc) is 3.16. The van der Waals surface area contributed by atoms with Crippen molar-refractivity contribution in [3.05, 3.63) is 34.7 Å². The molecule has 0 unspecified atom stereocenters. The number of carbonyl (C=O) groups is 1. The second-order valence-electron chi connectivity index (χ2n) is 5.54. The van der Waals surface area contributed by atoms with Crippen molar-refractivity contribution in [1.29, 1.82) is 0 Å². The number of nitrogens with one attached hydrogen (secondary N) is 1. The SMILES string of the molecule is C[C@H](O)[C@H]1CCN(C(=O)c2ccc(-c3n[nH]c(=S)o3)cc2)C1. The van der Waals surface area contributed by atoms with Gasteiger partial charge in [0.15, 0.2) is 0 Å². The van der Waals surface area contributed by atoms with E-state index in [0.717, 1.165) is 12.0 Å². The van der Waals surface area contributed by atoms with Gasteiger partial charge in [0.1, 0.15) is 0 Å². The Balaban J connectivity index is 1.73. The third-order valence-corrected chi connectivity index (χ3v) is 4.19. The van der Waals surface area contributed by atoms with E-state index in [-0.39, 0.29) is 22.8 Å². The standard InChI is InChI=1S/C15H17N3O3S/c1-9(19)12-6-7-18(8-12)14(20)11-4-2-10(3-5-11)13-16-17-15(22)21-13/h2-5,9,12,19H,6-8H2,1H3,(H,17,22)/t9-,12-/m0/s1. The summed E-state index contributed by atoms with van der Waals surface area (Å²) in [5.74, 6) is 0.550. The molecule has 1 aliphatic rings. The molecule has 3 rings (SSSR count). The first-order chi connectivity index (χ1) is 10.5. The number of H-pyrrole nitrogens is 1. The minimum Gasteiger partial charge on any atom is -0.409 e. The van der Waals surface area contributed by atoms with Crippen LogP contribution in [0.3, 0.4) is 0 Å². The molecule has 0 saturated carbocycles. The van der Waals surface area contributed by atoms with Gasteiger partial charge in [-0.05, 0) is 49.8 Å². The summed E-state index contributed by atoms with van der Waals surface area (Å²) in [6.07, 6.45) is 0.462. The topological polar surface area (TPSA) is 82.4 Å². The number of benzene rings is 1. The Bertz CT molecular complexity index is 720. The lowest BCUT2D eigenvalue weighted by atomic mass is 10.0. The van der Waals surface area contributed by atoms with Gasteiger partial charge in [0.25, 0.3) is 10.7 Å². The van der Waals surface area contributed by atoms with Crippen LogP contribution >= 0.6 is 12.2 Å². The van der Waals surface area contributed by atoms with Crippen LogP contribution in [0.1, 0.15) is 23.7 Å². The number of aliphatic hydroxyl groups excluding tert-OH is 1. The van der Waals surface area contributed by atoms with Gasteiger partial charge in [-0.25, -0.2) is 5.10 Å². The number of carbonyl (C=O) groups excluding carboxylic acids is 1. The highest BCUT2D eigenvalue weighted by atomic mass is 32.1. The Morgan fingerprint density at radius 3 is 2.77 bits per heavy atom. The highest BCUT2D eigenvalue weighted by molar-refractivity contribution is 7.71. The van der Waals surface area contributed by atoms with Crippen molar-refractivity contribution in [3.8, 4) is 11.5 Å². The van der Waals surface area contributed by atoms with Crippen LogP contribution in [0.4, 0.5) is 0 Å². The van der Waals surface area contributed by atoms with E-state index in [1.165, 1.54) is 0 Å². The molecule has 116 valence electrons. The molecule has 0 bridgehead atoms. The van der Waals surface area contributed by atoms with Gasteiger partial charge in [0.05, 0.1) is 6.10 Å². The summed E-state index contributed by atoms with van der Waals surface area (Å²) in [7, 11) is 0. The van der Waals surface area contributed by atoms with Crippen LogP contribution in [0, 0.1) is 10.8 Å². The molecule has 1 aromatic heterocycles. The van der Waals surface area contributed by atoms with Gasteiger partial charge in [0.2, 0.25) is 5.89 Å². The Morgan fingerprint density at radius 1 is 1.50 bits per heavy atom. The number of hydrogen-bond acceptors (Lipinski definition) is 5. The predicted molar refractivity (Wildman–Crippen MR) is 82.8 cm³/mol. The molecule has 0 aliphatic carbocycles. The summed E-state index contributed by atoms with van der Waals surface area (Å²) >= 11 is 4.84. The van der Waals surface area contributed by atoms with Crippen molar-refractivity contribution < 1.29 is 14.3 Å². The van der Waals surface area contributed by atoms with Gasteiger partial charge in [-0.15, -0.1) is 5.10 Å². The van der Waals surface area contributed by atoms with Crippen LogP contribution < -0.4 is 0 Å². The summed E-state index contributed by atoms with van der Waals surface area (Å²) in [4.78, 5) is 14.5. The molecule has 22 heavy (non-hydrogen) atoms. The highest BCUT2D eigenvalue weighted by Gasteiger charge is 2.29. The molecule has 1 fully saturated rings. The molecule has 6 nitrogen and oxygen atoms in total. The van der Waals surface area contributed by atoms with Gasteiger partial charge in [-0.3, -0.25) is 4.79 Å². The second kappa shape index (κ2) is 6.02. The molecule has 2 aromatic rings. The molecule has 2 heterocycles. The smallest absolute Gasteiger partial charge is 0.284 e. The van der Waals surface area contributed by atoms with Crippen molar-refractivity contribution in [1.82, 2.24) is 15.1 Å². The van der Waals surface area contributed by atoms with E-state index < -0.39 is 0 Å². The number of aromatic amines is 1. The van der Waals surface area contributed by atoms with Gasteiger partial charge < -0.3 is 14.4 Å². The van der Waals surface area contributed by atoms with Gasteiger partial charge in [0, 0.05) is 30.1 Å². The van der Waals surface area contributed by atoms with Gasteiger partial charge in [-0.2, -0.15) is 0 Å². The Kier molecular flexibility index (Phi) is 4.08. The van der Waals surface area contributed by atoms with Crippen molar-refractivity contribution in [2.24, 2.45) is 5.92 Å². The van der Waals surface area contributed by atoms with Crippen LogP contribution in [-0.2, 0) is 0 Å². The summed E-state index contributed by atoms with van der Waals surface area (Å²) in [5, 5.41) is 16.1. The zero-order valence-corrected chi connectivity index (χ0v) is 13.0. The molecule has 1 saturated heterocycles. The van der Waals surface area contributed by atoms with E-state index in [4.69, 9.17) is 16.6 Å². The first kappa shape index (κ1) is 14.9. The van der Waals surface area contributed by atoms with Crippen LogP contribution in [0.2, 0.25) is 0 Å². The van der Waals surface area contributed by atoms with Crippen molar-refractivity contribution >= 4 is 18.1 Å². The molecular formula is C15H17N3O3S. The first-order valence-corrected chi connectivity index (χ1v) is 7.58. The third-order valence-electron chi connectivity index (χ3n) is 4.01. The molecule has 1 amide bonds. The van der Waals surface area contributed by atoms with Crippen molar-refractivity contribution in [2.45, 2.75) is 19.4 Å². The monoisotopic (exact) mass is 319 g/mol. The summed E-state index contributed by atoms with van der Waals surface area (Å²) in [6, 6.07) is 7.06. The number of nitrogens with zero attached hydrogens (tertiary/aromatic N) is 2. The predicted octanol–water partition coefficient (Wildman–Crippen LogP) is 2.24. The molecular weight excluding hydrogens is 302 g/mol. The number of aliphatic hydroxyl groups is 1. The Hall–Kier alpha value is -1.99. The van der Waals surface area contributed by atoms with Crippen LogP contribution in [0.25, 0.3) is 11.5 Å². The average molecular weight is 319 g/mol.